The Morgan fingerprint density at radius 1 is 1.53 bits per heavy atom. The molecule has 1 unspecified atom stereocenters. The van der Waals surface area contributed by atoms with Crippen molar-refractivity contribution in [1.82, 2.24) is 10.2 Å². The Balaban J connectivity index is 2.52. The molecule has 1 aliphatic heterocycles. The lowest BCUT2D eigenvalue weighted by molar-refractivity contribution is -0.139. The van der Waals surface area contributed by atoms with Crippen molar-refractivity contribution in [2.75, 3.05) is 19.7 Å². The second kappa shape index (κ2) is 6.70. The molecule has 0 radical (unpaired) electrons. The van der Waals surface area contributed by atoms with E-state index in [0.29, 0.717) is 13.1 Å². The molecule has 1 fully saturated rings. The van der Waals surface area contributed by atoms with Crippen LogP contribution in [-0.2, 0) is 9.59 Å². The summed E-state index contributed by atoms with van der Waals surface area (Å²) < 4.78 is 0. The third kappa shape index (κ3) is 4.67. The van der Waals surface area contributed by atoms with E-state index in [1.54, 1.807) is 4.90 Å². The predicted octanol–water partition coefficient (Wildman–Crippen LogP) is 0.688. The lowest BCUT2D eigenvalue weighted by Crippen LogP contribution is -2.51. The maximum Gasteiger partial charge on any atom is 0.243 e. The Morgan fingerprint density at radius 2 is 2.21 bits per heavy atom. The monoisotopic (exact) mass is 268 g/mol. The zero-order valence-corrected chi connectivity index (χ0v) is 11.8. The van der Waals surface area contributed by atoms with Crippen molar-refractivity contribution < 1.29 is 14.7 Å². The summed E-state index contributed by atoms with van der Waals surface area (Å²) >= 11 is 0. The maximum atomic E-state index is 12.2. The van der Waals surface area contributed by atoms with Crippen LogP contribution in [-0.4, -0.2) is 47.6 Å². The number of nitrogens with zero attached hydrogens (tertiary/aromatic N) is 1. The molecule has 0 bridgehead atoms. The number of likely N-dealkylation sites (tertiary alicyclic amines) is 1. The van der Waals surface area contributed by atoms with Crippen molar-refractivity contribution in [2.24, 2.45) is 5.41 Å². The van der Waals surface area contributed by atoms with Gasteiger partial charge in [-0.15, -0.1) is 0 Å². The normalized spacial score (nSPS) is 21.8. The van der Waals surface area contributed by atoms with Gasteiger partial charge in [0.25, 0.3) is 0 Å². The topological polar surface area (TPSA) is 69.6 Å². The predicted molar refractivity (Wildman–Crippen MR) is 73.4 cm³/mol. The number of piperidine rings is 1. The molecule has 1 heterocycles. The number of rotatable bonds is 5. The molecule has 0 aromatic rings. The van der Waals surface area contributed by atoms with Gasteiger partial charge in [-0.3, -0.25) is 9.59 Å². The molecule has 2 N–H and O–H groups in total. The fourth-order valence-corrected chi connectivity index (χ4v) is 2.37. The largest absolute Gasteiger partial charge is 0.394 e. The number of hydrogen-bond donors (Lipinski definition) is 2. The Bertz CT molecular complexity index is 353. The van der Waals surface area contributed by atoms with Gasteiger partial charge in [0, 0.05) is 19.5 Å². The van der Waals surface area contributed by atoms with E-state index < -0.39 is 0 Å². The highest BCUT2D eigenvalue weighted by atomic mass is 16.3. The van der Waals surface area contributed by atoms with Gasteiger partial charge >= 0.3 is 0 Å². The van der Waals surface area contributed by atoms with Crippen LogP contribution < -0.4 is 5.32 Å². The third-order valence-electron chi connectivity index (χ3n) is 3.55. The molecule has 1 rings (SSSR count). The van der Waals surface area contributed by atoms with Crippen LogP contribution >= 0.6 is 0 Å². The van der Waals surface area contributed by atoms with Crippen LogP contribution in [0.4, 0.5) is 0 Å². The van der Waals surface area contributed by atoms with Crippen LogP contribution in [0.3, 0.4) is 0 Å². The van der Waals surface area contributed by atoms with Crippen LogP contribution in [0, 0.1) is 5.41 Å². The van der Waals surface area contributed by atoms with Crippen molar-refractivity contribution in [3.8, 4) is 0 Å². The minimum Gasteiger partial charge on any atom is -0.394 e. The van der Waals surface area contributed by atoms with Gasteiger partial charge in [-0.2, -0.15) is 0 Å². The van der Waals surface area contributed by atoms with E-state index in [1.165, 1.54) is 6.08 Å². The Kier molecular flexibility index (Phi) is 5.54. The van der Waals surface area contributed by atoms with E-state index in [9.17, 15) is 14.7 Å². The van der Waals surface area contributed by atoms with E-state index in [0.717, 1.165) is 12.8 Å². The van der Waals surface area contributed by atoms with E-state index in [4.69, 9.17) is 0 Å². The van der Waals surface area contributed by atoms with Gasteiger partial charge in [0.1, 0.15) is 0 Å². The van der Waals surface area contributed by atoms with Crippen LogP contribution in [0.25, 0.3) is 0 Å². The van der Waals surface area contributed by atoms with Gasteiger partial charge in [-0.1, -0.05) is 20.4 Å². The molecule has 1 saturated heterocycles. The first-order chi connectivity index (χ1) is 8.89. The number of hydrogen-bond acceptors (Lipinski definition) is 3. The van der Waals surface area contributed by atoms with Crippen molar-refractivity contribution in [3.05, 3.63) is 12.7 Å². The Morgan fingerprint density at radius 3 is 2.79 bits per heavy atom. The molecule has 5 heteroatoms. The number of nitrogens with one attached hydrogen (secondary N) is 1. The molecule has 0 aliphatic carbocycles. The van der Waals surface area contributed by atoms with Gasteiger partial charge in [0.15, 0.2) is 0 Å². The highest BCUT2D eigenvalue weighted by Crippen LogP contribution is 2.32. The molecular weight excluding hydrogens is 244 g/mol. The molecule has 2 amide bonds. The molecule has 0 spiro atoms. The minimum absolute atomic E-state index is 0.000830. The minimum atomic E-state index is -0.273. The number of aliphatic hydroxyl groups excluding tert-OH is 1. The molecule has 1 aliphatic rings. The summed E-state index contributed by atoms with van der Waals surface area (Å²) in [5, 5.41) is 11.9. The molecule has 0 saturated carbocycles. The van der Waals surface area contributed by atoms with Gasteiger partial charge < -0.3 is 15.3 Å². The summed E-state index contributed by atoms with van der Waals surface area (Å²) in [6.45, 7) is 8.57. The van der Waals surface area contributed by atoms with Gasteiger partial charge in [-0.25, -0.2) is 0 Å². The third-order valence-corrected chi connectivity index (χ3v) is 3.55. The molecule has 108 valence electrons. The molecule has 19 heavy (non-hydrogen) atoms. The van der Waals surface area contributed by atoms with Crippen molar-refractivity contribution in [1.29, 1.82) is 0 Å². The first kappa shape index (κ1) is 15.7. The molecule has 5 nitrogen and oxygen atoms in total. The van der Waals surface area contributed by atoms with Crippen molar-refractivity contribution >= 4 is 11.8 Å². The van der Waals surface area contributed by atoms with Gasteiger partial charge in [-0.05, 0) is 24.3 Å². The lowest BCUT2D eigenvalue weighted by atomic mass is 9.81. The number of carbonyl (C=O) groups is 2. The smallest absolute Gasteiger partial charge is 0.243 e. The summed E-state index contributed by atoms with van der Waals surface area (Å²) in [5.74, 6) is -0.290. The van der Waals surface area contributed by atoms with Crippen LogP contribution in [0.2, 0.25) is 0 Å². The van der Waals surface area contributed by atoms with E-state index in [-0.39, 0.29) is 36.3 Å². The first-order valence-corrected chi connectivity index (χ1v) is 6.70. The lowest BCUT2D eigenvalue weighted by Gasteiger charge is -2.43. The zero-order chi connectivity index (χ0) is 14.5. The van der Waals surface area contributed by atoms with Crippen molar-refractivity contribution in [3.63, 3.8) is 0 Å². The van der Waals surface area contributed by atoms with E-state index in [2.05, 4.69) is 25.7 Å². The SMILES string of the molecule is C=CC(=O)NCCC(=O)N1CC(C)(C)CCC1CO. The van der Waals surface area contributed by atoms with Crippen molar-refractivity contribution in [2.45, 2.75) is 39.2 Å². The van der Waals surface area contributed by atoms with Crippen LogP contribution in [0.5, 0.6) is 0 Å². The highest BCUT2D eigenvalue weighted by Gasteiger charge is 2.34. The summed E-state index contributed by atoms with van der Waals surface area (Å²) in [6.07, 6.45) is 3.28. The molecular formula is C14H24N2O3. The quantitative estimate of drug-likeness (QED) is 0.721. The second-order valence-electron chi connectivity index (χ2n) is 5.81. The Hall–Kier alpha value is -1.36. The van der Waals surface area contributed by atoms with E-state index >= 15 is 0 Å². The standard InChI is InChI=1S/C14H24N2O3/c1-4-12(18)15-8-6-13(19)16-10-14(2,3)7-5-11(16)9-17/h4,11,17H,1,5-10H2,2-3H3,(H,15,18). The first-order valence-electron chi connectivity index (χ1n) is 6.70. The molecule has 0 aromatic heterocycles. The Labute approximate surface area is 114 Å². The second-order valence-corrected chi connectivity index (χ2v) is 5.81. The van der Waals surface area contributed by atoms with Gasteiger partial charge in [0.05, 0.1) is 12.6 Å². The summed E-state index contributed by atoms with van der Waals surface area (Å²) in [7, 11) is 0. The van der Waals surface area contributed by atoms with Crippen LogP contribution in [0.15, 0.2) is 12.7 Å². The fraction of sp³-hybridized carbons (Fsp3) is 0.714. The van der Waals surface area contributed by atoms with Crippen LogP contribution in [0.1, 0.15) is 33.1 Å². The molecule has 0 aromatic carbocycles. The number of aliphatic hydroxyl groups is 1. The van der Waals surface area contributed by atoms with E-state index in [1.807, 2.05) is 0 Å². The fourth-order valence-electron chi connectivity index (χ4n) is 2.37. The van der Waals surface area contributed by atoms with Gasteiger partial charge in [0.2, 0.25) is 11.8 Å². The summed E-state index contributed by atoms with van der Waals surface area (Å²) in [5.41, 5.74) is 0.0890. The zero-order valence-electron chi connectivity index (χ0n) is 11.8. The number of amides is 2. The average Bonchev–Trinajstić information content (AvgIpc) is 2.37. The summed E-state index contributed by atoms with van der Waals surface area (Å²) in [6, 6.07) is -0.0874. The average molecular weight is 268 g/mol. The molecule has 1 atom stereocenters. The highest BCUT2D eigenvalue weighted by molar-refractivity contribution is 5.87. The number of carbonyl (C=O) groups excluding carboxylic acids is 2. The maximum absolute atomic E-state index is 12.2. The summed E-state index contributed by atoms with van der Waals surface area (Å²) in [4.78, 5) is 24.9.